The minimum atomic E-state index is -3.58. The number of benzene rings is 2. The van der Waals surface area contributed by atoms with Crippen molar-refractivity contribution in [2.24, 2.45) is 0 Å². The van der Waals surface area contributed by atoms with Crippen LogP contribution in [-0.4, -0.2) is 44.8 Å². The van der Waals surface area contributed by atoms with Gasteiger partial charge in [-0.3, -0.25) is 15.6 Å². The molecule has 4 rings (SSSR count). The van der Waals surface area contributed by atoms with Gasteiger partial charge in [0.15, 0.2) is 0 Å². The van der Waals surface area contributed by atoms with E-state index in [0.29, 0.717) is 19.1 Å². The van der Waals surface area contributed by atoms with Gasteiger partial charge in [-0.2, -0.15) is 0 Å². The number of hydrogen-bond acceptors (Lipinski definition) is 5. The third-order valence-electron chi connectivity index (χ3n) is 7.02. The Morgan fingerprint density at radius 3 is 2.74 bits per heavy atom. The number of anilines is 1. The topological polar surface area (TPSA) is 81.8 Å². The highest BCUT2D eigenvalue weighted by Gasteiger charge is 2.26. The van der Waals surface area contributed by atoms with Crippen molar-refractivity contribution in [1.29, 1.82) is 0 Å². The van der Waals surface area contributed by atoms with E-state index in [4.69, 9.17) is 0 Å². The van der Waals surface area contributed by atoms with Gasteiger partial charge >= 0.3 is 0 Å². The number of unbranched alkanes of at least 4 members (excludes halogenated alkanes) is 2. The van der Waals surface area contributed by atoms with Crippen LogP contribution in [0.4, 0.5) is 10.1 Å². The molecule has 0 saturated carbocycles. The highest BCUT2D eigenvalue weighted by Crippen LogP contribution is 2.30. The fourth-order valence-electron chi connectivity index (χ4n) is 5.02. The van der Waals surface area contributed by atoms with Gasteiger partial charge in [0.05, 0.1) is 4.90 Å². The molecule has 2 aliphatic rings. The number of halogens is 1. The van der Waals surface area contributed by atoms with E-state index in [0.717, 1.165) is 61.8 Å². The fraction of sp³-hybridized carbons (Fsp3) is 0.500. The second-order valence-corrected chi connectivity index (χ2v) is 11.6. The van der Waals surface area contributed by atoms with Crippen molar-refractivity contribution in [1.82, 2.24) is 15.2 Å². The minimum Gasteiger partial charge on any atom is -0.312 e. The van der Waals surface area contributed by atoms with Gasteiger partial charge in [-0.15, -0.1) is 0 Å². The minimum absolute atomic E-state index is 0.0215. The maximum Gasteiger partial charge on any atom is 0.242 e. The average molecular weight is 503 g/mol. The number of amides is 1. The number of nitrogens with zero attached hydrogens (tertiary/aromatic N) is 2. The zero-order valence-electron chi connectivity index (χ0n) is 20.5. The first kappa shape index (κ1) is 25.8. The predicted octanol–water partition coefficient (Wildman–Crippen LogP) is 3.91. The second kappa shape index (κ2) is 11.2. The number of carbonyl (C=O) groups is 1. The molecule has 1 saturated heterocycles. The number of nitrogens with one attached hydrogen (secondary N) is 2. The van der Waals surface area contributed by atoms with E-state index in [2.05, 4.69) is 10.9 Å². The summed E-state index contributed by atoms with van der Waals surface area (Å²) in [5, 5.41) is 0. The molecule has 0 spiro atoms. The van der Waals surface area contributed by atoms with Crippen LogP contribution < -0.4 is 15.8 Å². The Kier molecular flexibility index (Phi) is 8.21. The summed E-state index contributed by atoms with van der Waals surface area (Å²) >= 11 is 0. The van der Waals surface area contributed by atoms with Crippen LogP contribution in [-0.2, 0) is 21.2 Å². The number of rotatable bonds is 9. The molecule has 190 valence electrons. The van der Waals surface area contributed by atoms with Crippen LogP contribution in [0, 0.1) is 5.82 Å². The zero-order chi connectivity index (χ0) is 25.0. The lowest BCUT2D eigenvalue weighted by Gasteiger charge is -2.29. The van der Waals surface area contributed by atoms with Gasteiger partial charge in [0.2, 0.25) is 15.9 Å². The maximum atomic E-state index is 13.5. The fourth-order valence-corrected chi connectivity index (χ4v) is 6.28. The monoisotopic (exact) mass is 502 g/mol. The Labute approximate surface area is 207 Å². The highest BCUT2D eigenvalue weighted by molar-refractivity contribution is 7.89. The second-order valence-electron chi connectivity index (χ2n) is 9.57. The van der Waals surface area contributed by atoms with E-state index in [1.165, 1.54) is 17.3 Å². The molecule has 9 heteroatoms. The first-order valence-electron chi connectivity index (χ1n) is 12.4. The maximum absolute atomic E-state index is 13.5. The molecule has 2 heterocycles. The van der Waals surface area contributed by atoms with Gasteiger partial charge in [-0.25, -0.2) is 17.1 Å². The van der Waals surface area contributed by atoms with E-state index in [-0.39, 0.29) is 22.7 Å². The number of hydrogen-bond donors (Lipinski definition) is 2. The Morgan fingerprint density at radius 2 is 1.97 bits per heavy atom. The molecule has 35 heavy (non-hydrogen) atoms. The predicted molar refractivity (Wildman–Crippen MR) is 135 cm³/mol. The Bertz CT molecular complexity index is 1160. The van der Waals surface area contributed by atoms with Crippen LogP contribution in [0.2, 0.25) is 0 Å². The lowest BCUT2D eigenvalue weighted by molar-refractivity contribution is -0.116. The molecular formula is C26H35FN4O3S. The molecule has 0 aromatic heterocycles. The summed E-state index contributed by atoms with van der Waals surface area (Å²) in [6.45, 7) is 2.67. The molecule has 0 radical (unpaired) electrons. The summed E-state index contributed by atoms with van der Waals surface area (Å²) < 4.78 is 41.1. The molecule has 7 nitrogen and oxygen atoms in total. The number of aryl methyl sites for hydroxylation is 1. The third-order valence-corrected chi connectivity index (χ3v) is 8.87. The van der Waals surface area contributed by atoms with Crippen LogP contribution in [0.1, 0.15) is 62.6 Å². The Morgan fingerprint density at radius 1 is 1.14 bits per heavy atom. The highest BCUT2D eigenvalue weighted by atomic mass is 32.2. The molecule has 2 atom stereocenters. The van der Waals surface area contributed by atoms with Crippen molar-refractivity contribution in [3.8, 4) is 0 Å². The molecule has 2 aromatic carbocycles. The molecule has 1 amide bonds. The van der Waals surface area contributed by atoms with Gasteiger partial charge in [-0.05, 0) is 73.6 Å². The summed E-state index contributed by atoms with van der Waals surface area (Å²) in [6.07, 6.45) is 6.19. The van der Waals surface area contributed by atoms with Crippen LogP contribution in [0.15, 0.2) is 47.4 Å². The summed E-state index contributed by atoms with van der Waals surface area (Å²) in [5.74, 6) is -0.244. The van der Waals surface area contributed by atoms with Crippen molar-refractivity contribution in [2.75, 3.05) is 25.0 Å². The smallest absolute Gasteiger partial charge is 0.242 e. The lowest BCUT2D eigenvalue weighted by Crippen LogP contribution is -2.34. The van der Waals surface area contributed by atoms with E-state index in [1.807, 2.05) is 6.07 Å². The molecule has 1 fully saturated rings. The van der Waals surface area contributed by atoms with Crippen LogP contribution in [0.5, 0.6) is 0 Å². The summed E-state index contributed by atoms with van der Waals surface area (Å²) in [5.41, 5.74) is 9.23. The number of hydrazine groups is 1. The number of fused-ring (bicyclic) bond motifs is 1. The van der Waals surface area contributed by atoms with Crippen LogP contribution in [0.3, 0.4) is 0 Å². The molecule has 2 N–H and O–H groups in total. The Hall–Kier alpha value is -2.33. The van der Waals surface area contributed by atoms with Gasteiger partial charge in [-0.1, -0.05) is 25.0 Å². The molecule has 2 unspecified atom stereocenters. The summed E-state index contributed by atoms with van der Waals surface area (Å²) in [4.78, 5) is 13.9. The lowest BCUT2D eigenvalue weighted by atomic mass is 9.99. The largest absolute Gasteiger partial charge is 0.312 e. The third kappa shape index (κ3) is 6.09. The molecule has 2 aromatic rings. The molecule has 0 aliphatic carbocycles. The number of sulfonamides is 1. The average Bonchev–Trinajstić information content (AvgIpc) is 3.32. The normalized spacial score (nSPS) is 20.3. The van der Waals surface area contributed by atoms with E-state index in [1.54, 1.807) is 42.3 Å². The first-order valence-corrected chi connectivity index (χ1v) is 13.8. The summed E-state index contributed by atoms with van der Waals surface area (Å²) in [6, 6.07) is 12.2. The van der Waals surface area contributed by atoms with Gasteiger partial charge in [0, 0.05) is 44.8 Å². The van der Waals surface area contributed by atoms with Crippen LogP contribution >= 0.6 is 0 Å². The molecular weight excluding hydrogens is 467 g/mol. The van der Waals surface area contributed by atoms with Gasteiger partial charge in [0.25, 0.3) is 0 Å². The van der Waals surface area contributed by atoms with Crippen molar-refractivity contribution in [2.45, 2.75) is 68.8 Å². The van der Waals surface area contributed by atoms with Crippen molar-refractivity contribution >= 4 is 21.6 Å². The summed E-state index contributed by atoms with van der Waals surface area (Å²) in [7, 11) is -1.95. The van der Waals surface area contributed by atoms with E-state index in [9.17, 15) is 17.6 Å². The van der Waals surface area contributed by atoms with Crippen molar-refractivity contribution < 1.29 is 17.6 Å². The quantitative estimate of drug-likeness (QED) is 0.508. The van der Waals surface area contributed by atoms with E-state index >= 15 is 0 Å². The van der Waals surface area contributed by atoms with Gasteiger partial charge < -0.3 is 4.90 Å². The molecule has 2 aliphatic heterocycles. The number of carbonyl (C=O) groups excluding carboxylic acids is 1. The first-order chi connectivity index (χ1) is 16.8. The van der Waals surface area contributed by atoms with Crippen molar-refractivity contribution in [3.05, 3.63) is 59.4 Å². The standard InChI is InChI=1S/C26H35FN4O3S/c1-19(32)31-15-7-9-21-17-24(12-13-26(21)31)35(33,34)30(2)14-5-3-4-11-23-18-25(29-28-23)20-8-6-10-22(27)16-20/h6,8,10,12-13,16-17,23,25,28-29H,3-5,7,9,11,14-15,18H2,1-2H3. The zero-order valence-corrected chi connectivity index (χ0v) is 21.3. The SMILES string of the molecule is CC(=O)N1CCCc2cc(S(=O)(=O)N(C)CCCCCC3CC(c4cccc(F)c4)NN3)ccc21. The Balaban J connectivity index is 1.23. The van der Waals surface area contributed by atoms with Gasteiger partial charge in [0.1, 0.15) is 5.82 Å². The van der Waals surface area contributed by atoms with Crippen LogP contribution in [0.25, 0.3) is 0 Å². The van der Waals surface area contributed by atoms with Crippen molar-refractivity contribution in [3.63, 3.8) is 0 Å². The molecule has 0 bridgehead atoms. The van der Waals surface area contributed by atoms with E-state index < -0.39 is 10.0 Å².